The van der Waals surface area contributed by atoms with Crippen molar-refractivity contribution in [3.63, 3.8) is 0 Å². The number of aryl methyl sites for hydroxylation is 1. The predicted octanol–water partition coefficient (Wildman–Crippen LogP) is 10.4. The average Bonchev–Trinajstić information content (AvgIpc) is 4.03. The highest BCUT2D eigenvalue weighted by atomic mass is 28.4. The van der Waals surface area contributed by atoms with Gasteiger partial charge < -0.3 is 38.7 Å². The summed E-state index contributed by atoms with van der Waals surface area (Å²) in [5, 5.41) is 16.7. The number of hydrogen-bond donors (Lipinski definition) is 3. The number of fused-ring (bicyclic) bond motifs is 2. The van der Waals surface area contributed by atoms with Crippen LogP contribution in [-0.2, 0) is 33.7 Å². The van der Waals surface area contributed by atoms with Crippen LogP contribution in [0.4, 0.5) is 10.5 Å². The molecule has 4 atom stereocenters. The van der Waals surface area contributed by atoms with Crippen LogP contribution in [-0.4, -0.2) is 117 Å². The molecule has 1 saturated carbocycles. The number of aliphatic hydroxyl groups is 1. The minimum atomic E-state index is -2.45. The van der Waals surface area contributed by atoms with E-state index in [9.17, 15) is 14.7 Å². The van der Waals surface area contributed by atoms with Crippen LogP contribution in [0.15, 0.2) is 48.7 Å². The number of methoxy groups -OCH3 is 1. The molecule has 4 heterocycles. The maximum Gasteiger partial charge on any atom is 0.408 e. The van der Waals surface area contributed by atoms with Gasteiger partial charge in [-0.25, -0.2) is 10.2 Å². The van der Waals surface area contributed by atoms with Crippen molar-refractivity contribution in [3.05, 3.63) is 65.5 Å². The molecule has 13 nitrogen and oxygen atoms in total. The fourth-order valence-electron chi connectivity index (χ4n) is 11.4. The van der Waals surface area contributed by atoms with Crippen molar-refractivity contribution in [2.24, 2.45) is 17.3 Å². The van der Waals surface area contributed by atoms with Gasteiger partial charge in [0.2, 0.25) is 0 Å². The maximum absolute atomic E-state index is 14.5. The third-order valence-electron chi connectivity index (χ3n) is 15.4. The minimum absolute atomic E-state index is 0.0210. The van der Waals surface area contributed by atoms with E-state index in [1.54, 1.807) is 12.1 Å². The van der Waals surface area contributed by atoms with E-state index in [2.05, 4.69) is 144 Å². The first-order valence-electron chi connectivity index (χ1n) is 26.1. The summed E-state index contributed by atoms with van der Waals surface area (Å²) in [5.74, 6) is 1.67. The molecule has 0 spiro atoms. The third-order valence-corrected chi connectivity index (χ3v) is 21.4. The number of nitrogens with zero attached hydrogens (tertiary/aromatic N) is 5. The average molecular weight is 980 g/mol. The van der Waals surface area contributed by atoms with E-state index in [-0.39, 0.29) is 25.0 Å². The van der Waals surface area contributed by atoms with Gasteiger partial charge in [0.25, 0.3) is 14.2 Å². The van der Waals surface area contributed by atoms with E-state index < -0.39 is 31.5 Å². The SMILES string of the molecule is CCn1c(-c2cc(N3CCN(C)CC3)cnc2[C@H](C)OC)c(CC(C)(C)CO)c2cc(-c3cc(C[C@H](NC(=O)OC(C)(C)C)C(=O)N4C[C@@H]5C[C@@H]5CN4)cc(O[Si](C(C)C)(C(C)C)C(C)C)c3)ccc21. The van der Waals surface area contributed by atoms with E-state index in [0.717, 1.165) is 107 Å². The van der Waals surface area contributed by atoms with Gasteiger partial charge in [0.1, 0.15) is 17.4 Å². The lowest BCUT2D eigenvalue weighted by molar-refractivity contribution is -0.138. The van der Waals surface area contributed by atoms with E-state index in [0.29, 0.717) is 41.4 Å². The number of rotatable bonds is 18. The first-order chi connectivity index (χ1) is 33.0. The largest absolute Gasteiger partial charge is 0.543 e. The lowest BCUT2D eigenvalue weighted by atomic mass is 9.84. The molecule has 7 rings (SSSR count). The van der Waals surface area contributed by atoms with Crippen LogP contribution >= 0.6 is 0 Å². The number of nitrogens with one attached hydrogen (secondary N) is 2. The van der Waals surface area contributed by atoms with Crippen molar-refractivity contribution in [2.75, 3.05) is 64.9 Å². The number of hydrazine groups is 1. The highest BCUT2D eigenvalue weighted by Gasteiger charge is 2.47. The van der Waals surface area contributed by atoms with Crippen molar-refractivity contribution in [1.29, 1.82) is 0 Å². The Morgan fingerprint density at radius 2 is 1.60 bits per heavy atom. The van der Waals surface area contributed by atoms with Crippen molar-refractivity contribution < 1.29 is 28.6 Å². The van der Waals surface area contributed by atoms with Crippen LogP contribution in [0.5, 0.6) is 5.75 Å². The van der Waals surface area contributed by atoms with Crippen LogP contribution in [0, 0.1) is 17.3 Å². The highest BCUT2D eigenvalue weighted by Crippen LogP contribution is 2.46. The highest BCUT2D eigenvalue weighted by molar-refractivity contribution is 6.78. The van der Waals surface area contributed by atoms with Gasteiger partial charge in [0.15, 0.2) is 0 Å². The van der Waals surface area contributed by atoms with Gasteiger partial charge in [-0.15, -0.1) is 0 Å². The molecule has 2 aromatic heterocycles. The molecule has 0 bridgehead atoms. The molecule has 2 amide bonds. The Labute approximate surface area is 420 Å². The number of likely N-dealkylation sites (N-methyl/N-ethyl adjacent to an activating group) is 1. The fourth-order valence-corrected chi connectivity index (χ4v) is 16.6. The number of amides is 2. The van der Waals surface area contributed by atoms with Crippen LogP contribution in [0.2, 0.25) is 16.6 Å². The molecule has 14 heteroatoms. The summed E-state index contributed by atoms with van der Waals surface area (Å²) in [6, 6.07) is 14.6. The zero-order valence-corrected chi connectivity index (χ0v) is 46.2. The number of anilines is 1. The smallest absolute Gasteiger partial charge is 0.408 e. The number of pyridine rings is 1. The standard InChI is InChI=1S/C56H85N7O6Si/c1-16-62-50-18-17-40(28-46(50)48(30-56(12,13)34-64)52(62)47-29-44(32-57-51(47)38(8)67-15)61-21-19-60(14)20-22-61)41-23-39(24-45(27-41)69-70(35(2)3,36(4)5)37(6)7)25-49(59-54(66)68-55(9,10)11)53(65)63-33-43-26-42(43)31-58-63/h17-18,23-24,27-29,32,35-38,42-43,49,58,64H,16,19-22,25-26,30-31,33-34H2,1-15H3,(H,59,66)/t38-,42+,43-,49-/m0/s1. The van der Waals surface area contributed by atoms with E-state index in [1.165, 1.54) is 0 Å². The molecular formula is C56H85N7O6Si. The molecule has 3 fully saturated rings. The van der Waals surface area contributed by atoms with Crippen LogP contribution in [0.1, 0.15) is 119 Å². The van der Waals surface area contributed by atoms with Crippen LogP contribution in [0.25, 0.3) is 33.3 Å². The number of piperazine rings is 1. The monoisotopic (exact) mass is 980 g/mol. The number of alkyl carbamates (subject to hydrolysis) is 1. The maximum atomic E-state index is 14.5. The van der Waals surface area contributed by atoms with Gasteiger partial charge in [-0.3, -0.25) is 14.8 Å². The molecule has 384 valence electrons. The van der Waals surface area contributed by atoms with Crippen LogP contribution < -0.4 is 20.1 Å². The summed E-state index contributed by atoms with van der Waals surface area (Å²) >= 11 is 0. The predicted molar refractivity (Wildman–Crippen MR) is 286 cm³/mol. The zero-order chi connectivity index (χ0) is 51.0. The molecule has 2 aromatic carbocycles. The number of carbonyl (C=O) groups is 2. The molecule has 2 saturated heterocycles. The fraction of sp³-hybridized carbons (Fsp3) is 0.625. The second-order valence-corrected chi connectivity index (χ2v) is 28.7. The molecule has 3 N–H and O–H groups in total. The number of carbonyl (C=O) groups excluding carboxylic acids is 2. The Morgan fingerprint density at radius 1 is 0.914 bits per heavy atom. The number of aromatic nitrogens is 2. The minimum Gasteiger partial charge on any atom is -0.543 e. The Balaban J connectivity index is 1.42. The molecule has 2 aliphatic heterocycles. The van der Waals surface area contributed by atoms with E-state index in [4.69, 9.17) is 18.9 Å². The second-order valence-electron chi connectivity index (χ2n) is 23.4. The number of aliphatic hydroxyl groups excluding tert-OH is 1. The van der Waals surface area contributed by atoms with Crippen molar-refractivity contribution in [3.8, 4) is 28.1 Å². The molecule has 4 aromatic rings. The third kappa shape index (κ3) is 11.6. The van der Waals surface area contributed by atoms with E-state index in [1.807, 2.05) is 27.0 Å². The van der Waals surface area contributed by atoms with Crippen LogP contribution in [0.3, 0.4) is 0 Å². The van der Waals surface area contributed by atoms with Crippen molar-refractivity contribution in [1.82, 2.24) is 30.2 Å². The Bertz CT molecular complexity index is 2470. The molecule has 0 radical (unpaired) electrons. The quantitative estimate of drug-likeness (QED) is 0.0828. The Morgan fingerprint density at radius 3 is 2.20 bits per heavy atom. The van der Waals surface area contributed by atoms with Gasteiger partial charge in [-0.1, -0.05) is 67.5 Å². The zero-order valence-electron chi connectivity index (χ0n) is 45.2. The van der Waals surface area contributed by atoms with Gasteiger partial charge in [-0.05, 0) is 141 Å². The molecule has 70 heavy (non-hydrogen) atoms. The lowest BCUT2D eigenvalue weighted by Crippen LogP contribution is -2.57. The van der Waals surface area contributed by atoms with Crippen molar-refractivity contribution >= 4 is 36.9 Å². The van der Waals surface area contributed by atoms with Crippen molar-refractivity contribution in [2.45, 2.75) is 150 Å². The summed E-state index contributed by atoms with van der Waals surface area (Å²) < 4.78 is 21.7. The summed E-state index contributed by atoms with van der Waals surface area (Å²) in [4.78, 5) is 38.0. The topological polar surface area (TPSA) is 134 Å². The number of benzene rings is 2. The first kappa shape index (κ1) is 53.3. The summed E-state index contributed by atoms with van der Waals surface area (Å²) in [6.07, 6.45) is 3.08. The first-order valence-corrected chi connectivity index (χ1v) is 28.2. The molecular weight excluding hydrogens is 895 g/mol. The van der Waals surface area contributed by atoms with E-state index >= 15 is 0 Å². The summed E-state index contributed by atoms with van der Waals surface area (Å²) in [6.45, 7) is 33.7. The van der Waals surface area contributed by atoms with Gasteiger partial charge in [-0.2, -0.15) is 0 Å². The number of ether oxygens (including phenoxy) is 2. The number of hydrogen-bond acceptors (Lipinski definition) is 10. The molecule has 0 unspecified atom stereocenters. The van der Waals surface area contributed by atoms with Gasteiger partial charge in [0, 0.05) is 82.4 Å². The second kappa shape index (κ2) is 21.3. The lowest BCUT2D eigenvalue weighted by Gasteiger charge is -2.42. The molecule has 1 aliphatic carbocycles. The normalized spacial score (nSPS) is 19.0. The Kier molecular flexibility index (Phi) is 16.2. The van der Waals surface area contributed by atoms with Gasteiger partial charge in [0.05, 0.1) is 29.4 Å². The summed E-state index contributed by atoms with van der Waals surface area (Å²) in [7, 11) is 1.46. The molecule has 3 aliphatic rings. The summed E-state index contributed by atoms with van der Waals surface area (Å²) in [5.41, 5.74) is 12.4. The Hall–Kier alpha value is -4.47. The van der Waals surface area contributed by atoms with Gasteiger partial charge >= 0.3 is 6.09 Å².